The molecule has 0 unspecified atom stereocenters. The van der Waals surface area contributed by atoms with Gasteiger partial charge in [0.05, 0.1) is 12.5 Å². The summed E-state index contributed by atoms with van der Waals surface area (Å²) in [5.41, 5.74) is 0. The predicted molar refractivity (Wildman–Crippen MR) is 97.4 cm³/mol. The van der Waals surface area contributed by atoms with Gasteiger partial charge in [-0.25, -0.2) is 0 Å². The molecule has 1 saturated carbocycles. The van der Waals surface area contributed by atoms with Crippen molar-refractivity contribution in [1.82, 2.24) is 0 Å². The average Bonchev–Trinajstić information content (AvgIpc) is 2.65. The first-order valence-electron chi connectivity index (χ1n) is 9.89. The minimum absolute atomic E-state index is 0.156. The Morgan fingerprint density at radius 1 is 1.00 bits per heavy atom. The zero-order chi connectivity index (χ0) is 18.9. The molecule has 5 heteroatoms. The van der Waals surface area contributed by atoms with Gasteiger partial charge in [-0.3, -0.25) is 4.79 Å². The van der Waals surface area contributed by atoms with Crippen LogP contribution >= 0.6 is 0 Å². The largest absolute Gasteiger partial charge is 0.490 e. The molecule has 1 aliphatic carbocycles. The molecule has 0 aliphatic heterocycles. The summed E-state index contributed by atoms with van der Waals surface area (Å²) in [7, 11) is 0. The van der Waals surface area contributed by atoms with Gasteiger partial charge in [0.2, 0.25) is 11.6 Å². The fourth-order valence-corrected chi connectivity index (χ4v) is 3.48. The second-order valence-corrected chi connectivity index (χ2v) is 7.17. The Morgan fingerprint density at radius 2 is 1.65 bits per heavy atom. The van der Waals surface area contributed by atoms with Gasteiger partial charge in [-0.15, -0.1) is 0 Å². The fraction of sp³-hybridized carbons (Fsp3) is 0.667. The predicted octanol–water partition coefficient (Wildman–Crippen LogP) is 6.05. The number of esters is 1. The zero-order valence-corrected chi connectivity index (χ0v) is 15.9. The molecule has 26 heavy (non-hydrogen) atoms. The summed E-state index contributed by atoms with van der Waals surface area (Å²) in [5, 5.41) is 0. The normalized spacial score (nSPS) is 20.0. The Kier molecular flexibility index (Phi) is 8.33. The zero-order valence-electron chi connectivity index (χ0n) is 15.9. The number of benzene rings is 1. The molecular formula is C21H30F2O3. The number of unbranched alkanes of at least 4 members (excludes halogenated alkanes) is 2. The van der Waals surface area contributed by atoms with Crippen molar-refractivity contribution < 1.29 is 23.0 Å². The molecule has 0 atom stereocenters. The van der Waals surface area contributed by atoms with Gasteiger partial charge < -0.3 is 9.47 Å². The Morgan fingerprint density at radius 3 is 2.31 bits per heavy atom. The van der Waals surface area contributed by atoms with Gasteiger partial charge in [0.15, 0.2) is 11.5 Å². The monoisotopic (exact) mass is 368 g/mol. The second-order valence-electron chi connectivity index (χ2n) is 7.17. The van der Waals surface area contributed by atoms with E-state index in [1.807, 2.05) is 6.92 Å². The Hall–Kier alpha value is -1.65. The van der Waals surface area contributed by atoms with Crippen molar-refractivity contribution in [2.75, 3.05) is 6.61 Å². The van der Waals surface area contributed by atoms with Crippen LogP contribution in [0.2, 0.25) is 0 Å². The van der Waals surface area contributed by atoms with Crippen molar-refractivity contribution in [1.29, 1.82) is 0 Å². The Balaban J connectivity index is 1.87. The van der Waals surface area contributed by atoms with Crippen LogP contribution in [0.15, 0.2) is 12.1 Å². The van der Waals surface area contributed by atoms with Crippen molar-refractivity contribution >= 4 is 5.97 Å². The fourth-order valence-electron chi connectivity index (χ4n) is 3.48. The molecule has 1 aliphatic rings. The molecule has 1 aromatic carbocycles. The van der Waals surface area contributed by atoms with E-state index in [-0.39, 0.29) is 17.4 Å². The maximum absolute atomic E-state index is 14.1. The molecule has 0 heterocycles. The SMILES string of the molecule is CCCCCC1CCC(C(=O)Oc2ccc(OCCC)c(F)c2F)CC1. The molecular weight excluding hydrogens is 338 g/mol. The summed E-state index contributed by atoms with van der Waals surface area (Å²) in [4.78, 5) is 12.3. The van der Waals surface area contributed by atoms with Crippen LogP contribution in [-0.4, -0.2) is 12.6 Å². The number of carbonyl (C=O) groups is 1. The minimum Gasteiger partial charge on any atom is -0.490 e. The van der Waals surface area contributed by atoms with E-state index in [0.717, 1.165) is 25.7 Å². The summed E-state index contributed by atoms with van der Waals surface area (Å²) in [5.74, 6) is -2.80. The first-order valence-corrected chi connectivity index (χ1v) is 9.89. The number of ether oxygens (including phenoxy) is 2. The van der Waals surface area contributed by atoms with Crippen LogP contribution in [0.1, 0.15) is 71.6 Å². The van der Waals surface area contributed by atoms with Crippen LogP contribution in [0.5, 0.6) is 11.5 Å². The van der Waals surface area contributed by atoms with Gasteiger partial charge in [-0.1, -0.05) is 39.5 Å². The maximum Gasteiger partial charge on any atom is 0.314 e. The van der Waals surface area contributed by atoms with Crippen LogP contribution in [0.25, 0.3) is 0 Å². The van der Waals surface area contributed by atoms with Gasteiger partial charge in [-0.2, -0.15) is 8.78 Å². The standard InChI is InChI=1S/C21H30F2O3/c1-3-5-6-7-15-8-10-16(11-9-15)21(24)26-18-13-12-17(25-14-4-2)19(22)20(18)23/h12-13,15-16H,3-11,14H2,1-2H3. The molecule has 2 rings (SSSR count). The first kappa shape index (κ1) is 20.7. The van der Waals surface area contributed by atoms with E-state index in [1.54, 1.807) is 0 Å². The summed E-state index contributed by atoms with van der Waals surface area (Å²) < 4.78 is 38.4. The van der Waals surface area contributed by atoms with Gasteiger partial charge in [0.25, 0.3) is 0 Å². The topological polar surface area (TPSA) is 35.5 Å². The van der Waals surface area contributed by atoms with E-state index in [1.165, 1.54) is 37.8 Å². The summed E-state index contributed by atoms with van der Waals surface area (Å²) in [6.45, 7) is 4.37. The van der Waals surface area contributed by atoms with Crippen molar-refractivity contribution in [3.63, 3.8) is 0 Å². The number of hydrogen-bond acceptors (Lipinski definition) is 3. The number of carbonyl (C=O) groups excluding carboxylic acids is 1. The molecule has 0 saturated heterocycles. The minimum atomic E-state index is -1.17. The van der Waals surface area contributed by atoms with Gasteiger partial charge in [0, 0.05) is 0 Å². The highest BCUT2D eigenvalue weighted by atomic mass is 19.2. The lowest BCUT2D eigenvalue weighted by Gasteiger charge is -2.27. The van der Waals surface area contributed by atoms with Crippen LogP contribution in [0.3, 0.4) is 0 Å². The molecule has 0 aromatic heterocycles. The van der Waals surface area contributed by atoms with E-state index >= 15 is 0 Å². The highest BCUT2D eigenvalue weighted by molar-refractivity contribution is 5.75. The first-order chi connectivity index (χ1) is 12.6. The van der Waals surface area contributed by atoms with Crippen molar-refractivity contribution in [3.05, 3.63) is 23.8 Å². The lowest BCUT2D eigenvalue weighted by atomic mass is 9.80. The molecule has 146 valence electrons. The van der Waals surface area contributed by atoms with Gasteiger partial charge in [0.1, 0.15) is 0 Å². The third-order valence-electron chi connectivity index (χ3n) is 5.08. The summed E-state index contributed by atoms with van der Waals surface area (Å²) in [6.07, 6.45) is 9.15. The number of halogens is 2. The van der Waals surface area contributed by atoms with Crippen LogP contribution < -0.4 is 9.47 Å². The smallest absolute Gasteiger partial charge is 0.314 e. The van der Waals surface area contributed by atoms with Crippen LogP contribution in [0.4, 0.5) is 8.78 Å². The highest BCUT2D eigenvalue weighted by Crippen LogP contribution is 2.34. The maximum atomic E-state index is 14.1. The third-order valence-corrected chi connectivity index (χ3v) is 5.08. The molecule has 3 nitrogen and oxygen atoms in total. The van der Waals surface area contributed by atoms with Crippen molar-refractivity contribution in [3.8, 4) is 11.5 Å². The van der Waals surface area contributed by atoms with Crippen molar-refractivity contribution in [2.24, 2.45) is 11.8 Å². The third kappa shape index (κ3) is 5.68. The van der Waals surface area contributed by atoms with Crippen LogP contribution in [-0.2, 0) is 4.79 Å². The van der Waals surface area contributed by atoms with E-state index < -0.39 is 17.6 Å². The van der Waals surface area contributed by atoms with Gasteiger partial charge in [-0.05, 0) is 50.2 Å². The van der Waals surface area contributed by atoms with E-state index in [9.17, 15) is 13.6 Å². The van der Waals surface area contributed by atoms with Crippen LogP contribution in [0, 0.1) is 23.5 Å². The number of hydrogen-bond donors (Lipinski definition) is 0. The molecule has 0 amide bonds. The molecule has 0 N–H and O–H groups in total. The molecule has 0 spiro atoms. The summed E-state index contributed by atoms with van der Waals surface area (Å²) >= 11 is 0. The summed E-state index contributed by atoms with van der Waals surface area (Å²) in [6, 6.07) is 2.57. The van der Waals surface area contributed by atoms with E-state index in [4.69, 9.17) is 9.47 Å². The number of rotatable bonds is 9. The molecule has 0 bridgehead atoms. The highest BCUT2D eigenvalue weighted by Gasteiger charge is 2.28. The Bertz CT molecular complexity index is 581. The average molecular weight is 368 g/mol. The van der Waals surface area contributed by atoms with Gasteiger partial charge >= 0.3 is 5.97 Å². The molecule has 0 radical (unpaired) electrons. The molecule has 1 fully saturated rings. The lowest BCUT2D eigenvalue weighted by Crippen LogP contribution is -2.26. The lowest BCUT2D eigenvalue weighted by molar-refractivity contribution is -0.140. The quantitative estimate of drug-likeness (QED) is 0.302. The molecule has 1 aromatic rings. The van der Waals surface area contributed by atoms with E-state index in [0.29, 0.717) is 18.9 Å². The van der Waals surface area contributed by atoms with Crippen molar-refractivity contribution in [2.45, 2.75) is 71.6 Å². The second kappa shape index (κ2) is 10.5. The van der Waals surface area contributed by atoms with E-state index in [2.05, 4.69) is 6.92 Å². The Labute approximate surface area is 155 Å².